The number of benzene rings is 2. The van der Waals surface area contributed by atoms with Crippen LogP contribution in [0.25, 0.3) is 11.3 Å². The number of nitrogens with zero attached hydrogens (tertiary/aromatic N) is 2. The molecule has 1 amide bonds. The number of amides is 1. The van der Waals surface area contributed by atoms with E-state index in [1.807, 2.05) is 0 Å². The first-order chi connectivity index (χ1) is 17.6. The highest BCUT2D eigenvalue weighted by Gasteiger charge is 2.31. The fourth-order valence-electron chi connectivity index (χ4n) is 4.44. The highest BCUT2D eigenvalue weighted by atomic mass is 19.4. The Bertz CT molecular complexity index is 1280. The molecule has 0 unspecified atom stereocenters. The van der Waals surface area contributed by atoms with Gasteiger partial charge in [-0.3, -0.25) is 4.79 Å². The Balaban J connectivity index is 1.54. The second kappa shape index (κ2) is 10.8. The first-order valence-corrected chi connectivity index (χ1v) is 11.8. The molecule has 1 aliphatic rings. The van der Waals surface area contributed by atoms with E-state index >= 15 is 4.39 Å². The molecule has 1 fully saturated rings. The predicted octanol–water partition coefficient (Wildman–Crippen LogP) is 4.37. The summed E-state index contributed by atoms with van der Waals surface area (Å²) in [4.78, 5) is 21.5. The van der Waals surface area contributed by atoms with Crippen molar-refractivity contribution in [3.8, 4) is 11.3 Å². The summed E-state index contributed by atoms with van der Waals surface area (Å²) in [6.45, 7) is -0.691. The van der Waals surface area contributed by atoms with Gasteiger partial charge in [0.1, 0.15) is 17.3 Å². The summed E-state index contributed by atoms with van der Waals surface area (Å²) in [6.07, 6.45) is -0.566. The third-order valence-electron chi connectivity index (χ3n) is 6.53. The SMILES string of the molecule is Nc1ncc(C2CCC(O)CC2)nc1-c1ccc(C(=O)N[C@H](CO)c2cccc(C(F)(F)F)c2)c(F)c1. The summed E-state index contributed by atoms with van der Waals surface area (Å²) in [6, 6.07) is 6.76. The van der Waals surface area contributed by atoms with E-state index in [-0.39, 0.29) is 34.7 Å². The first kappa shape index (κ1) is 26.5. The van der Waals surface area contributed by atoms with E-state index in [2.05, 4.69) is 15.3 Å². The molecule has 0 bridgehead atoms. The molecule has 5 N–H and O–H groups in total. The molecule has 3 aromatic rings. The molecule has 1 heterocycles. The number of nitrogens with one attached hydrogen (secondary N) is 1. The summed E-state index contributed by atoms with van der Waals surface area (Å²) in [5.41, 5.74) is 5.96. The van der Waals surface area contributed by atoms with E-state index in [0.29, 0.717) is 24.1 Å². The predicted molar refractivity (Wildman–Crippen MR) is 128 cm³/mol. The van der Waals surface area contributed by atoms with Gasteiger partial charge in [-0.2, -0.15) is 13.2 Å². The largest absolute Gasteiger partial charge is 0.416 e. The van der Waals surface area contributed by atoms with Gasteiger partial charge in [0.05, 0.1) is 41.8 Å². The van der Waals surface area contributed by atoms with Gasteiger partial charge in [0, 0.05) is 11.5 Å². The number of rotatable bonds is 6. The molecular weight excluding hydrogens is 492 g/mol. The summed E-state index contributed by atoms with van der Waals surface area (Å²) < 4.78 is 54.1. The van der Waals surface area contributed by atoms with Crippen LogP contribution in [-0.2, 0) is 6.18 Å². The number of aliphatic hydroxyl groups excluding tert-OH is 2. The van der Waals surface area contributed by atoms with Gasteiger partial charge in [-0.1, -0.05) is 18.2 Å². The van der Waals surface area contributed by atoms with Crippen LogP contribution in [0.3, 0.4) is 0 Å². The van der Waals surface area contributed by atoms with Crippen LogP contribution in [0.4, 0.5) is 23.4 Å². The van der Waals surface area contributed by atoms with Crippen molar-refractivity contribution in [3.63, 3.8) is 0 Å². The van der Waals surface area contributed by atoms with E-state index in [0.717, 1.165) is 37.1 Å². The Labute approximate surface area is 210 Å². The van der Waals surface area contributed by atoms with Crippen molar-refractivity contribution >= 4 is 11.7 Å². The Kier molecular flexibility index (Phi) is 7.74. The number of hydrogen-bond acceptors (Lipinski definition) is 6. The average Bonchev–Trinajstić information content (AvgIpc) is 2.87. The lowest BCUT2D eigenvalue weighted by Gasteiger charge is -2.25. The first-order valence-electron chi connectivity index (χ1n) is 11.8. The molecule has 2 aromatic carbocycles. The van der Waals surface area contributed by atoms with Gasteiger partial charge in [-0.15, -0.1) is 0 Å². The fourth-order valence-corrected chi connectivity index (χ4v) is 4.44. The zero-order valence-electron chi connectivity index (χ0n) is 19.7. The highest BCUT2D eigenvalue weighted by molar-refractivity contribution is 5.95. The number of hydrogen-bond donors (Lipinski definition) is 4. The van der Waals surface area contributed by atoms with Gasteiger partial charge in [-0.25, -0.2) is 14.4 Å². The van der Waals surface area contributed by atoms with Gasteiger partial charge in [-0.05, 0) is 55.5 Å². The molecule has 0 spiro atoms. The Hall–Kier alpha value is -3.57. The summed E-state index contributed by atoms with van der Waals surface area (Å²) >= 11 is 0. The van der Waals surface area contributed by atoms with Gasteiger partial charge < -0.3 is 21.3 Å². The number of aromatic nitrogens is 2. The third-order valence-corrected chi connectivity index (χ3v) is 6.53. The fraction of sp³-hybridized carbons (Fsp3) is 0.346. The van der Waals surface area contributed by atoms with Crippen LogP contribution in [0.2, 0.25) is 0 Å². The standard InChI is InChI=1S/C26H26F4N4O3/c27-20-11-16(23-24(31)32-12-21(33-23)14-4-7-18(36)8-5-14)6-9-19(20)25(37)34-22(13-35)15-2-1-3-17(10-15)26(28,29)30/h1-3,6,9-12,14,18,22,35-36H,4-5,7-8,13H2,(H2,31,32)(H,34,37)/t14?,18?,22-/m1/s1. The molecule has 1 atom stereocenters. The summed E-state index contributed by atoms with van der Waals surface area (Å²) in [5, 5.41) is 21.8. The van der Waals surface area contributed by atoms with E-state index in [1.165, 1.54) is 18.2 Å². The number of aliphatic hydroxyl groups is 2. The van der Waals surface area contributed by atoms with Crippen molar-refractivity contribution in [3.05, 3.63) is 76.9 Å². The van der Waals surface area contributed by atoms with Crippen molar-refractivity contribution < 1.29 is 32.6 Å². The minimum atomic E-state index is -4.59. The third kappa shape index (κ3) is 6.05. The van der Waals surface area contributed by atoms with Crippen molar-refractivity contribution in [2.24, 2.45) is 0 Å². The molecule has 4 rings (SSSR count). The number of carbonyl (C=O) groups excluding carboxylic acids is 1. The highest BCUT2D eigenvalue weighted by Crippen LogP contribution is 2.34. The van der Waals surface area contributed by atoms with E-state index < -0.39 is 36.1 Å². The summed E-state index contributed by atoms with van der Waals surface area (Å²) in [7, 11) is 0. The average molecular weight is 519 g/mol. The maximum atomic E-state index is 15.0. The molecule has 11 heteroatoms. The van der Waals surface area contributed by atoms with Gasteiger partial charge in [0.2, 0.25) is 0 Å². The van der Waals surface area contributed by atoms with Crippen LogP contribution < -0.4 is 11.1 Å². The van der Waals surface area contributed by atoms with Gasteiger partial charge in [0.15, 0.2) is 0 Å². The molecule has 196 valence electrons. The van der Waals surface area contributed by atoms with Crippen molar-refractivity contribution in [1.29, 1.82) is 0 Å². The van der Waals surface area contributed by atoms with Gasteiger partial charge in [0.25, 0.3) is 5.91 Å². The second-order valence-corrected chi connectivity index (χ2v) is 9.06. The molecular formula is C26H26F4N4O3. The van der Waals surface area contributed by atoms with Gasteiger partial charge >= 0.3 is 6.18 Å². The number of nitrogen functional groups attached to an aromatic ring is 1. The van der Waals surface area contributed by atoms with Crippen LogP contribution in [0.15, 0.2) is 48.7 Å². The van der Waals surface area contributed by atoms with Crippen LogP contribution in [0.1, 0.15) is 64.8 Å². The number of nitrogens with two attached hydrogens (primary N) is 1. The van der Waals surface area contributed by atoms with Crippen LogP contribution >= 0.6 is 0 Å². The zero-order valence-corrected chi connectivity index (χ0v) is 19.7. The van der Waals surface area contributed by atoms with E-state index in [4.69, 9.17) is 5.73 Å². The topological polar surface area (TPSA) is 121 Å². The maximum Gasteiger partial charge on any atom is 0.416 e. The molecule has 0 radical (unpaired) electrons. The van der Waals surface area contributed by atoms with Crippen molar-refractivity contribution in [2.45, 2.75) is 49.9 Å². The summed E-state index contributed by atoms with van der Waals surface area (Å²) in [5.74, 6) is -1.63. The normalized spacial score (nSPS) is 18.9. The number of halogens is 4. The minimum Gasteiger partial charge on any atom is -0.394 e. The smallest absolute Gasteiger partial charge is 0.394 e. The van der Waals surface area contributed by atoms with Crippen molar-refractivity contribution in [2.75, 3.05) is 12.3 Å². The Morgan fingerprint density at radius 2 is 1.86 bits per heavy atom. The minimum absolute atomic E-state index is 0.0257. The molecule has 7 nitrogen and oxygen atoms in total. The molecule has 0 saturated heterocycles. The van der Waals surface area contributed by atoms with E-state index in [1.54, 1.807) is 6.20 Å². The Morgan fingerprint density at radius 1 is 1.14 bits per heavy atom. The number of anilines is 1. The number of alkyl halides is 3. The molecule has 1 saturated carbocycles. The van der Waals surface area contributed by atoms with Crippen LogP contribution in [0.5, 0.6) is 0 Å². The monoisotopic (exact) mass is 518 g/mol. The zero-order chi connectivity index (χ0) is 26.7. The number of carbonyl (C=O) groups is 1. The van der Waals surface area contributed by atoms with Crippen LogP contribution in [-0.4, -0.2) is 38.8 Å². The molecule has 1 aromatic heterocycles. The van der Waals surface area contributed by atoms with Crippen LogP contribution in [0, 0.1) is 5.82 Å². The van der Waals surface area contributed by atoms with E-state index in [9.17, 15) is 28.2 Å². The lowest BCUT2D eigenvalue weighted by Crippen LogP contribution is -2.31. The van der Waals surface area contributed by atoms with Crippen molar-refractivity contribution in [1.82, 2.24) is 15.3 Å². The lowest BCUT2D eigenvalue weighted by molar-refractivity contribution is -0.137. The Morgan fingerprint density at radius 3 is 2.51 bits per heavy atom. The molecule has 1 aliphatic carbocycles. The molecule has 37 heavy (non-hydrogen) atoms. The molecule has 0 aliphatic heterocycles. The second-order valence-electron chi connectivity index (χ2n) is 9.06. The lowest BCUT2D eigenvalue weighted by atomic mass is 9.85. The quantitative estimate of drug-likeness (QED) is 0.360. The maximum absolute atomic E-state index is 15.0.